The van der Waals surface area contributed by atoms with Crippen molar-refractivity contribution < 1.29 is 9.59 Å². The maximum absolute atomic E-state index is 13.2. The highest BCUT2D eigenvalue weighted by Crippen LogP contribution is 2.33. The second-order valence-corrected chi connectivity index (χ2v) is 10.5. The molecular weight excluding hydrogens is 424 g/mol. The molecule has 0 N–H and O–H groups in total. The van der Waals surface area contributed by atoms with Crippen molar-refractivity contribution in [2.45, 2.75) is 52.6 Å². The van der Waals surface area contributed by atoms with Crippen molar-refractivity contribution in [3.63, 3.8) is 0 Å². The summed E-state index contributed by atoms with van der Waals surface area (Å²) in [6, 6.07) is 12.3. The number of hydrogen-bond donors (Lipinski definition) is 0. The fourth-order valence-corrected chi connectivity index (χ4v) is 6.11. The number of amides is 2. The van der Waals surface area contributed by atoms with Gasteiger partial charge in [-0.3, -0.25) is 14.5 Å². The third-order valence-corrected chi connectivity index (χ3v) is 8.31. The predicted molar refractivity (Wildman–Crippen MR) is 134 cm³/mol. The summed E-state index contributed by atoms with van der Waals surface area (Å²) in [5.41, 5.74) is 4.65. The van der Waals surface area contributed by atoms with E-state index >= 15 is 0 Å². The Kier molecular flexibility index (Phi) is 6.77. The minimum Gasteiger partial charge on any atom is -0.348 e. The highest BCUT2D eigenvalue weighted by molar-refractivity contribution is 5.98. The van der Waals surface area contributed by atoms with Crippen molar-refractivity contribution in [3.8, 4) is 0 Å². The topological polar surface area (TPSA) is 48.8 Å². The van der Waals surface area contributed by atoms with Crippen LogP contribution in [0.5, 0.6) is 0 Å². The van der Waals surface area contributed by atoms with Crippen LogP contribution in [-0.2, 0) is 17.9 Å². The summed E-state index contributed by atoms with van der Waals surface area (Å²) in [4.78, 5) is 32.5. The molecule has 6 heteroatoms. The molecule has 0 radical (unpaired) electrons. The van der Waals surface area contributed by atoms with Crippen molar-refractivity contribution in [2.24, 2.45) is 11.8 Å². The van der Waals surface area contributed by atoms with Crippen LogP contribution in [-0.4, -0.2) is 70.3 Å². The fourth-order valence-electron chi connectivity index (χ4n) is 6.11. The number of hydrogen-bond acceptors (Lipinski definition) is 3. The van der Waals surface area contributed by atoms with Gasteiger partial charge in [0, 0.05) is 75.2 Å². The standard InChI is InChI=1S/C28H38N4O2/c1-21-7-8-22(2)32(21)18-15-29-13-16-30(17-14-29)27(33)24-11-9-23(10-12-24)19-31-20-25-5-3-4-6-26(25)28(31)34/h3-8,23-24H,9-20H2,1-2H3. The molecule has 1 saturated carbocycles. The van der Waals surface area contributed by atoms with E-state index in [-0.39, 0.29) is 11.8 Å². The average molecular weight is 463 g/mol. The smallest absolute Gasteiger partial charge is 0.254 e. The molecule has 2 aliphatic heterocycles. The number of rotatable bonds is 6. The molecule has 1 saturated heterocycles. The van der Waals surface area contributed by atoms with Crippen molar-refractivity contribution >= 4 is 11.8 Å². The molecular formula is C28H38N4O2. The van der Waals surface area contributed by atoms with Gasteiger partial charge in [-0.1, -0.05) is 18.2 Å². The number of benzene rings is 1. The minimum absolute atomic E-state index is 0.166. The van der Waals surface area contributed by atoms with E-state index in [0.717, 1.165) is 89.2 Å². The van der Waals surface area contributed by atoms with Gasteiger partial charge in [-0.15, -0.1) is 0 Å². The van der Waals surface area contributed by atoms with Gasteiger partial charge >= 0.3 is 0 Å². The lowest BCUT2D eigenvalue weighted by Gasteiger charge is -2.38. The molecule has 1 aromatic heterocycles. The summed E-state index contributed by atoms with van der Waals surface area (Å²) >= 11 is 0. The van der Waals surface area contributed by atoms with E-state index in [1.54, 1.807) is 0 Å². The van der Waals surface area contributed by atoms with Crippen LogP contribution >= 0.6 is 0 Å². The van der Waals surface area contributed by atoms with Crippen molar-refractivity contribution in [1.82, 2.24) is 19.3 Å². The SMILES string of the molecule is Cc1ccc(C)n1CCN1CCN(C(=O)C2CCC(CN3Cc4ccccc4C3=O)CC2)CC1. The summed E-state index contributed by atoms with van der Waals surface area (Å²) in [6.45, 7) is 11.6. The number of aromatic nitrogens is 1. The Morgan fingerprint density at radius 3 is 2.24 bits per heavy atom. The van der Waals surface area contributed by atoms with Gasteiger partial charge < -0.3 is 14.4 Å². The first-order valence-corrected chi connectivity index (χ1v) is 13.0. The number of aryl methyl sites for hydroxylation is 2. The third kappa shape index (κ3) is 4.78. The van der Waals surface area contributed by atoms with Gasteiger partial charge in [-0.25, -0.2) is 0 Å². The van der Waals surface area contributed by atoms with Crippen molar-refractivity contribution in [1.29, 1.82) is 0 Å². The molecule has 3 heterocycles. The Hall–Kier alpha value is -2.60. The minimum atomic E-state index is 0.166. The van der Waals surface area contributed by atoms with Crippen molar-refractivity contribution in [2.75, 3.05) is 39.3 Å². The molecule has 3 aliphatic rings. The number of piperazine rings is 1. The first-order chi connectivity index (χ1) is 16.5. The molecule has 0 unspecified atom stereocenters. The summed E-state index contributed by atoms with van der Waals surface area (Å²) in [5, 5.41) is 0. The second-order valence-electron chi connectivity index (χ2n) is 10.5. The summed E-state index contributed by atoms with van der Waals surface area (Å²) < 4.78 is 2.38. The van der Waals surface area contributed by atoms with E-state index in [9.17, 15) is 9.59 Å². The molecule has 2 amide bonds. The fraction of sp³-hybridized carbons (Fsp3) is 0.571. The van der Waals surface area contributed by atoms with Crippen LogP contribution < -0.4 is 0 Å². The summed E-state index contributed by atoms with van der Waals surface area (Å²) in [5.74, 6) is 1.22. The monoisotopic (exact) mass is 462 g/mol. The first kappa shape index (κ1) is 23.2. The number of nitrogens with zero attached hydrogens (tertiary/aromatic N) is 4. The predicted octanol–water partition coefficient (Wildman–Crippen LogP) is 3.71. The van der Waals surface area contributed by atoms with E-state index in [1.165, 1.54) is 11.4 Å². The highest BCUT2D eigenvalue weighted by Gasteiger charge is 2.34. The molecule has 0 bridgehead atoms. The van der Waals surface area contributed by atoms with Gasteiger partial charge in [0.1, 0.15) is 0 Å². The van der Waals surface area contributed by atoms with Gasteiger partial charge in [0.05, 0.1) is 0 Å². The Balaban J connectivity index is 1.04. The van der Waals surface area contributed by atoms with E-state index in [1.807, 2.05) is 23.1 Å². The molecule has 2 fully saturated rings. The van der Waals surface area contributed by atoms with E-state index in [4.69, 9.17) is 0 Å². The molecule has 5 rings (SSSR count). The van der Waals surface area contributed by atoms with Gasteiger partial charge in [-0.05, 0) is 69.2 Å². The summed E-state index contributed by atoms with van der Waals surface area (Å²) in [7, 11) is 0. The zero-order chi connectivity index (χ0) is 23.7. The maximum atomic E-state index is 13.2. The zero-order valence-corrected chi connectivity index (χ0v) is 20.7. The molecule has 2 aromatic rings. The molecule has 0 atom stereocenters. The molecule has 1 aromatic carbocycles. The van der Waals surface area contributed by atoms with Gasteiger partial charge in [0.15, 0.2) is 0 Å². The average Bonchev–Trinajstić information content (AvgIpc) is 3.36. The Morgan fingerprint density at radius 1 is 0.882 bits per heavy atom. The van der Waals surface area contributed by atoms with Crippen LogP contribution in [0.4, 0.5) is 0 Å². The number of carbonyl (C=O) groups excluding carboxylic acids is 2. The van der Waals surface area contributed by atoms with Crippen LogP contribution in [0.3, 0.4) is 0 Å². The molecule has 0 spiro atoms. The lowest BCUT2D eigenvalue weighted by atomic mass is 9.81. The lowest BCUT2D eigenvalue weighted by Crippen LogP contribution is -2.51. The quantitative estimate of drug-likeness (QED) is 0.658. The lowest BCUT2D eigenvalue weighted by molar-refractivity contribution is -0.138. The van der Waals surface area contributed by atoms with E-state index in [2.05, 4.69) is 46.4 Å². The van der Waals surface area contributed by atoms with Crippen LogP contribution in [0.25, 0.3) is 0 Å². The Bertz CT molecular complexity index is 1010. The van der Waals surface area contributed by atoms with E-state index in [0.29, 0.717) is 11.8 Å². The number of fused-ring (bicyclic) bond motifs is 1. The maximum Gasteiger partial charge on any atom is 0.254 e. The molecule has 1 aliphatic carbocycles. The summed E-state index contributed by atoms with van der Waals surface area (Å²) in [6.07, 6.45) is 4.02. The van der Waals surface area contributed by atoms with Gasteiger partial charge in [-0.2, -0.15) is 0 Å². The van der Waals surface area contributed by atoms with Crippen LogP contribution in [0.15, 0.2) is 36.4 Å². The largest absolute Gasteiger partial charge is 0.348 e. The molecule has 6 nitrogen and oxygen atoms in total. The van der Waals surface area contributed by atoms with Gasteiger partial charge in [0.2, 0.25) is 5.91 Å². The molecule has 182 valence electrons. The zero-order valence-electron chi connectivity index (χ0n) is 20.7. The second kappa shape index (κ2) is 9.95. The van der Waals surface area contributed by atoms with Crippen LogP contribution in [0, 0.1) is 25.7 Å². The normalized spacial score (nSPS) is 23.4. The first-order valence-electron chi connectivity index (χ1n) is 13.0. The number of carbonyl (C=O) groups is 2. The Labute approximate surface area is 203 Å². The van der Waals surface area contributed by atoms with E-state index < -0.39 is 0 Å². The van der Waals surface area contributed by atoms with Crippen LogP contribution in [0.2, 0.25) is 0 Å². The van der Waals surface area contributed by atoms with Crippen molar-refractivity contribution in [3.05, 3.63) is 58.9 Å². The third-order valence-electron chi connectivity index (χ3n) is 8.31. The molecule has 34 heavy (non-hydrogen) atoms. The Morgan fingerprint density at radius 2 is 1.56 bits per heavy atom. The van der Waals surface area contributed by atoms with Gasteiger partial charge in [0.25, 0.3) is 5.91 Å². The highest BCUT2D eigenvalue weighted by atomic mass is 16.2. The van der Waals surface area contributed by atoms with Crippen LogP contribution in [0.1, 0.15) is 53.0 Å².